The first-order chi connectivity index (χ1) is 9.58. The lowest BCUT2D eigenvalue weighted by Gasteiger charge is -2.09. The molecule has 0 spiro atoms. The zero-order valence-electron chi connectivity index (χ0n) is 10.9. The number of benzene rings is 2. The van der Waals surface area contributed by atoms with Crippen molar-refractivity contribution in [2.24, 2.45) is 0 Å². The molecular weight excluding hydrogens is 328 g/mol. The first-order valence-electron chi connectivity index (χ1n) is 6.21. The fraction of sp³-hybridized carbons (Fsp3) is 0.200. The molecule has 106 valence electrons. The highest BCUT2D eigenvalue weighted by Gasteiger charge is 2.05. The summed E-state index contributed by atoms with van der Waals surface area (Å²) >= 11 is 3.08. The molecular formula is C15H14BrF2NO. The predicted octanol–water partition coefficient (Wildman–Crippen LogP) is 4.63. The first kappa shape index (κ1) is 14.9. The summed E-state index contributed by atoms with van der Waals surface area (Å²) in [7, 11) is 0. The minimum absolute atomic E-state index is 0.305. The number of hydrogen-bond donors (Lipinski definition) is 1. The Morgan fingerprint density at radius 1 is 1.10 bits per heavy atom. The standard InChI is InChI=1S/C15H14BrF2NO/c1-2-19-9-10-5-11(17)7-13(6-10)20-12-3-4-15(18)14(16)8-12/h3-8,19H,2,9H2,1H3. The number of ether oxygens (including phenoxy) is 1. The van der Waals surface area contributed by atoms with Crippen LogP contribution in [0.4, 0.5) is 8.78 Å². The van der Waals surface area contributed by atoms with Crippen LogP contribution in [-0.4, -0.2) is 6.54 Å². The van der Waals surface area contributed by atoms with Gasteiger partial charge in [0.15, 0.2) is 0 Å². The highest BCUT2D eigenvalue weighted by Crippen LogP contribution is 2.27. The fourth-order valence-electron chi connectivity index (χ4n) is 1.73. The van der Waals surface area contributed by atoms with E-state index >= 15 is 0 Å². The van der Waals surface area contributed by atoms with Crippen LogP contribution in [0.2, 0.25) is 0 Å². The van der Waals surface area contributed by atoms with Crippen molar-refractivity contribution in [3.05, 3.63) is 58.1 Å². The van der Waals surface area contributed by atoms with Gasteiger partial charge in [-0.25, -0.2) is 8.78 Å². The van der Waals surface area contributed by atoms with Crippen LogP contribution in [-0.2, 0) is 6.54 Å². The van der Waals surface area contributed by atoms with Gasteiger partial charge in [-0.05, 0) is 58.4 Å². The molecule has 2 aromatic carbocycles. The number of hydrogen-bond acceptors (Lipinski definition) is 2. The van der Waals surface area contributed by atoms with E-state index in [9.17, 15) is 8.78 Å². The minimum atomic E-state index is -0.371. The molecule has 0 aliphatic rings. The third kappa shape index (κ3) is 4.02. The monoisotopic (exact) mass is 341 g/mol. The van der Waals surface area contributed by atoms with Crippen LogP contribution in [0, 0.1) is 11.6 Å². The topological polar surface area (TPSA) is 21.3 Å². The summed E-state index contributed by atoms with van der Waals surface area (Å²) in [6.45, 7) is 3.35. The average molecular weight is 342 g/mol. The van der Waals surface area contributed by atoms with Gasteiger partial charge in [-0.3, -0.25) is 0 Å². The van der Waals surface area contributed by atoms with Crippen molar-refractivity contribution in [2.45, 2.75) is 13.5 Å². The Morgan fingerprint density at radius 2 is 1.90 bits per heavy atom. The van der Waals surface area contributed by atoms with E-state index in [4.69, 9.17) is 4.74 Å². The molecule has 2 nitrogen and oxygen atoms in total. The Morgan fingerprint density at radius 3 is 2.60 bits per heavy atom. The van der Waals surface area contributed by atoms with Crippen molar-refractivity contribution in [2.75, 3.05) is 6.54 Å². The largest absolute Gasteiger partial charge is 0.457 e. The van der Waals surface area contributed by atoms with Crippen LogP contribution in [0.3, 0.4) is 0 Å². The highest BCUT2D eigenvalue weighted by atomic mass is 79.9. The van der Waals surface area contributed by atoms with E-state index in [0.717, 1.165) is 12.1 Å². The van der Waals surface area contributed by atoms with E-state index in [-0.39, 0.29) is 11.6 Å². The van der Waals surface area contributed by atoms with Crippen LogP contribution < -0.4 is 10.1 Å². The maximum atomic E-state index is 13.5. The predicted molar refractivity (Wildman–Crippen MR) is 78.0 cm³/mol. The van der Waals surface area contributed by atoms with E-state index in [1.165, 1.54) is 30.3 Å². The Balaban J connectivity index is 2.19. The Hall–Kier alpha value is -1.46. The van der Waals surface area contributed by atoms with E-state index in [1.807, 2.05) is 6.92 Å². The fourth-order valence-corrected chi connectivity index (χ4v) is 2.09. The van der Waals surface area contributed by atoms with Gasteiger partial charge in [-0.1, -0.05) is 6.92 Å². The summed E-state index contributed by atoms with van der Waals surface area (Å²) in [6, 6.07) is 8.79. The third-order valence-corrected chi connectivity index (χ3v) is 3.24. The van der Waals surface area contributed by atoms with Gasteiger partial charge in [0.25, 0.3) is 0 Å². The lowest BCUT2D eigenvalue weighted by atomic mass is 10.2. The number of halogens is 3. The highest BCUT2D eigenvalue weighted by molar-refractivity contribution is 9.10. The van der Waals surface area contributed by atoms with Gasteiger partial charge in [-0.15, -0.1) is 0 Å². The second-order valence-corrected chi connectivity index (χ2v) is 5.11. The molecule has 0 bridgehead atoms. The zero-order chi connectivity index (χ0) is 14.5. The molecule has 0 amide bonds. The second kappa shape index (κ2) is 6.81. The van der Waals surface area contributed by atoms with Gasteiger partial charge >= 0.3 is 0 Å². The molecule has 2 aromatic rings. The molecule has 0 saturated heterocycles. The normalized spacial score (nSPS) is 10.6. The van der Waals surface area contributed by atoms with Gasteiger partial charge in [-0.2, -0.15) is 0 Å². The lowest BCUT2D eigenvalue weighted by Crippen LogP contribution is -2.11. The van der Waals surface area contributed by atoms with Crippen molar-refractivity contribution in [3.8, 4) is 11.5 Å². The summed E-state index contributed by atoms with van der Waals surface area (Å²) in [4.78, 5) is 0. The quantitative estimate of drug-likeness (QED) is 0.856. The Labute approximate surface area is 124 Å². The van der Waals surface area contributed by atoms with Crippen molar-refractivity contribution in [1.29, 1.82) is 0 Å². The van der Waals surface area contributed by atoms with Crippen molar-refractivity contribution < 1.29 is 13.5 Å². The molecule has 0 unspecified atom stereocenters. The number of rotatable bonds is 5. The molecule has 0 aliphatic heterocycles. The van der Waals surface area contributed by atoms with Crippen LogP contribution in [0.15, 0.2) is 40.9 Å². The molecule has 0 fully saturated rings. The summed E-state index contributed by atoms with van der Waals surface area (Å²) in [5.74, 6) is 0.0932. The Kier molecular flexibility index (Phi) is 5.09. The molecule has 0 atom stereocenters. The van der Waals surface area contributed by atoms with Gasteiger partial charge in [0.05, 0.1) is 4.47 Å². The Bertz CT molecular complexity index is 604. The first-order valence-corrected chi connectivity index (χ1v) is 7.01. The molecule has 0 aromatic heterocycles. The number of nitrogens with one attached hydrogen (secondary N) is 1. The molecule has 0 radical (unpaired) electrons. The molecule has 5 heteroatoms. The van der Waals surface area contributed by atoms with E-state index in [2.05, 4.69) is 21.2 Å². The molecule has 20 heavy (non-hydrogen) atoms. The van der Waals surface area contributed by atoms with Crippen LogP contribution in [0.1, 0.15) is 12.5 Å². The van der Waals surface area contributed by atoms with E-state index < -0.39 is 0 Å². The van der Waals surface area contributed by atoms with Crippen molar-refractivity contribution >= 4 is 15.9 Å². The average Bonchev–Trinajstić information content (AvgIpc) is 2.40. The van der Waals surface area contributed by atoms with Gasteiger partial charge in [0.1, 0.15) is 23.1 Å². The molecule has 1 N–H and O–H groups in total. The van der Waals surface area contributed by atoms with Gasteiger partial charge in [0.2, 0.25) is 0 Å². The van der Waals surface area contributed by atoms with Crippen LogP contribution >= 0.6 is 15.9 Å². The van der Waals surface area contributed by atoms with Gasteiger partial charge in [0, 0.05) is 12.6 Å². The minimum Gasteiger partial charge on any atom is -0.457 e. The van der Waals surface area contributed by atoms with Crippen molar-refractivity contribution in [3.63, 3.8) is 0 Å². The zero-order valence-corrected chi connectivity index (χ0v) is 12.5. The maximum Gasteiger partial charge on any atom is 0.137 e. The molecule has 0 saturated carbocycles. The van der Waals surface area contributed by atoms with E-state index in [1.54, 1.807) is 6.07 Å². The smallest absolute Gasteiger partial charge is 0.137 e. The van der Waals surface area contributed by atoms with E-state index in [0.29, 0.717) is 22.5 Å². The maximum absolute atomic E-state index is 13.5. The summed E-state index contributed by atoms with van der Waals surface area (Å²) in [5, 5.41) is 3.12. The van der Waals surface area contributed by atoms with Crippen LogP contribution in [0.25, 0.3) is 0 Å². The summed E-state index contributed by atoms with van der Waals surface area (Å²) in [6.07, 6.45) is 0. The molecule has 0 heterocycles. The van der Waals surface area contributed by atoms with Crippen molar-refractivity contribution in [1.82, 2.24) is 5.32 Å². The second-order valence-electron chi connectivity index (χ2n) is 4.25. The lowest BCUT2D eigenvalue weighted by molar-refractivity contribution is 0.472. The SMILES string of the molecule is CCNCc1cc(F)cc(Oc2ccc(F)c(Br)c2)c1. The molecule has 0 aliphatic carbocycles. The third-order valence-electron chi connectivity index (χ3n) is 2.64. The van der Waals surface area contributed by atoms with Gasteiger partial charge < -0.3 is 10.1 Å². The summed E-state index contributed by atoms with van der Waals surface area (Å²) in [5.41, 5.74) is 0.794. The molecule has 2 rings (SSSR count). The summed E-state index contributed by atoms with van der Waals surface area (Å²) < 4.78 is 32.5. The van der Waals surface area contributed by atoms with Crippen LogP contribution in [0.5, 0.6) is 11.5 Å².